The lowest BCUT2D eigenvalue weighted by atomic mass is 9.96. The average Bonchev–Trinajstić information content (AvgIpc) is 2.87. The SMILES string of the molecule is CNC(=O)[C@H](Cc1ccc(OC)cc1)NC(=O)[C@H](CCCCOc1ccc(OC)cc1)CC(=O)O. The van der Waals surface area contributed by atoms with Gasteiger partial charge in [0.05, 0.1) is 27.2 Å². The first-order valence-electron chi connectivity index (χ1n) is 11.5. The summed E-state index contributed by atoms with van der Waals surface area (Å²) in [6, 6.07) is 13.6. The van der Waals surface area contributed by atoms with Gasteiger partial charge in [0.1, 0.15) is 23.3 Å². The number of amides is 2. The van der Waals surface area contributed by atoms with Gasteiger partial charge in [0, 0.05) is 19.4 Å². The van der Waals surface area contributed by atoms with E-state index in [9.17, 15) is 19.5 Å². The van der Waals surface area contributed by atoms with Crippen LogP contribution < -0.4 is 24.8 Å². The molecule has 0 spiro atoms. The third-order valence-corrected chi connectivity index (χ3v) is 5.55. The second-order valence-corrected chi connectivity index (χ2v) is 8.04. The molecule has 0 radical (unpaired) electrons. The molecule has 0 bridgehead atoms. The van der Waals surface area contributed by atoms with Crippen LogP contribution in [0.15, 0.2) is 48.5 Å². The maximum atomic E-state index is 12.9. The van der Waals surface area contributed by atoms with Gasteiger partial charge < -0.3 is 30.0 Å². The number of likely N-dealkylation sites (N-methyl/N-ethyl adjacent to an activating group) is 1. The summed E-state index contributed by atoms with van der Waals surface area (Å²) >= 11 is 0. The molecule has 190 valence electrons. The number of benzene rings is 2. The van der Waals surface area contributed by atoms with Gasteiger partial charge in [-0.2, -0.15) is 0 Å². The largest absolute Gasteiger partial charge is 0.497 e. The van der Waals surface area contributed by atoms with Gasteiger partial charge in [-0.3, -0.25) is 14.4 Å². The lowest BCUT2D eigenvalue weighted by molar-refractivity contribution is -0.141. The van der Waals surface area contributed by atoms with E-state index in [0.717, 1.165) is 11.3 Å². The van der Waals surface area contributed by atoms with Crippen LogP contribution in [0.5, 0.6) is 17.2 Å². The van der Waals surface area contributed by atoms with Crippen molar-refractivity contribution in [2.45, 2.75) is 38.1 Å². The van der Waals surface area contributed by atoms with Crippen LogP contribution in [0.3, 0.4) is 0 Å². The van der Waals surface area contributed by atoms with E-state index in [1.807, 2.05) is 12.1 Å². The van der Waals surface area contributed by atoms with E-state index in [4.69, 9.17) is 14.2 Å². The van der Waals surface area contributed by atoms with Crippen LogP contribution in [-0.2, 0) is 20.8 Å². The summed E-state index contributed by atoms with van der Waals surface area (Å²) in [4.78, 5) is 36.7. The number of unbranched alkanes of at least 4 members (excludes halogenated alkanes) is 1. The molecule has 0 saturated carbocycles. The molecule has 9 heteroatoms. The van der Waals surface area contributed by atoms with E-state index in [2.05, 4.69) is 10.6 Å². The maximum absolute atomic E-state index is 12.9. The number of hydrogen-bond donors (Lipinski definition) is 3. The Morgan fingerprint density at radius 2 is 1.43 bits per heavy atom. The van der Waals surface area contributed by atoms with E-state index in [1.165, 1.54) is 7.05 Å². The summed E-state index contributed by atoms with van der Waals surface area (Å²) in [6.07, 6.45) is 1.58. The molecule has 0 aliphatic rings. The van der Waals surface area contributed by atoms with Crippen LogP contribution >= 0.6 is 0 Å². The number of rotatable bonds is 15. The molecule has 2 rings (SSSR count). The van der Waals surface area contributed by atoms with Gasteiger partial charge in [0.15, 0.2) is 0 Å². The number of carbonyl (C=O) groups is 3. The first-order valence-corrected chi connectivity index (χ1v) is 11.5. The molecule has 35 heavy (non-hydrogen) atoms. The first-order chi connectivity index (χ1) is 16.9. The zero-order chi connectivity index (χ0) is 25.6. The second kappa shape index (κ2) is 14.5. The highest BCUT2D eigenvalue weighted by Crippen LogP contribution is 2.19. The van der Waals surface area contributed by atoms with Crippen LogP contribution in [-0.4, -0.2) is 56.8 Å². The quantitative estimate of drug-likeness (QED) is 0.331. The molecule has 0 aliphatic heterocycles. The first kappa shape index (κ1) is 27.5. The van der Waals surface area contributed by atoms with Gasteiger partial charge in [-0.05, 0) is 61.2 Å². The average molecular weight is 487 g/mol. The van der Waals surface area contributed by atoms with E-state index in [0.29, 0.717) is 37.4 Å². The van der Waals surface area contributed by atoms with E-state index >= 15 is 0 Å². The number of hydrogen-bond acceptors (Lipinski definition) is 6. The number of methoxy groups -OCH3 is 2. The molecular formula is C26H34N2O7. The van der Waals surface area contributed by atoms with Crippen molar-refractivity contribution in [3.63, 3.8) is 0 Å². The van der Waals surface area contributed by atoms with Crippen LogP contribution in [0, 0.1) is 5.92 Å². The molecule has 0 aliphatic carbocycles. The normalized spacial score (nSPS) is 12.2. The third kappa shape index (κ3) is 9.56. The zero-order valence-electron chi connectivity index (χ0n) is 20.4. The van der Waals surface area contributed by atoms with Crippen molar-refractivity contribution < 1.29 is 33.7 Å². The minimum atomic E-state index is -1.06. The minimum Gasteiger partial charge on any atom is -0.497 e. The summed E-state index contributed by atoms with van der Waals surface area (Å²) in [5, 5.41) is 14.6. The fourth-order valence-corrected chi connectivity index (χ4v) is 3.56. The van der Waals surface area contributed by atoms with Gasteiger partial charge >= 0.3 is 5.97 Å². The minimum absolute atomic E-state index is 0.269. The third-order valence-electron chi connectivity index (χ3n) is 5.55. The Balaban J connectivity index is 1.91. The molecule has 2 aromatic carbocycles. The van der Waals surface area contributed by atoms with Crippen molar-refractivity contribution in [1.29, 1.82) is 0 Å². The van der Waals surface area contributed by atoms with Crippen LogP contribution in [0.1, 0.15) is 31.2 Å². The van der Waals surface area contributed by atoms with Crippen molar-refractivity contribution >= 4 is 17.8 Å². The van der Waals surface area contributed by atoms with Gasteiger partial charge in [0.2, 0.25) is 11.8 Å². The molecule has 0 saturated heterocycles. The Hall–Kier alpha value is -3.75. The van der Waals surface area contributed by atoms with Crippen molar-refractivity contribution in [1.82, 2.24) is 10.6 Å². The van der Waals surface area contributed by atoms with Crippen molar-refractivity contribution in [2.24, 2.45) is 5.92 Å². The highest BCUT2D eigenvalue weighted by molar-refractivity contribution is 5.89. The van der Waals surface area contributed by atoms with Crippen molar-refractivity contribution in [3.8, 4) is 17.2 Å². The van der Waals surface area contributed by atoms with E-state index in [1.54, 1.807) is 50.6 Å². The Kier molecular flexibility index (Phi) is 11.4. The summed E-state index contributed by atoms with van der Waals surface area (Å²) in [7, 11) is 4.65. The van der Waals surface area contributed by atoms with Gasteiger partial charge in [-0.15, -0.1) is 0 Å². The molecule has 2 amide bonds. The number of aliphatic carboxylic acids is 1. The number of carboxylic acids is 1. The fraction of sp³-hybridized carbons (Fsp3) is 0.423. The molecule has 0 unspecified atom stereocenters. The highest BCUT2D eigenvalue weighted by Gasteiger charge is 2.27. The second-order valence-electron chi connectivity index (χ2n) is 8.04. The molecule has 2 atom stereocenters. The molecule has 0 fully saturated rings. The van der Waals surface area contributed by atoms with Gasteiger partial charge in [-0.1, -0.05) is 12.1 Å². The number of carbonyl (C=O) groups excluding carboxylic acids is 2. The summed E-state index contributed by atoms with van der Waals surface area (Å²) in [5.41, 5.74) is 0.838. The van der Waals surface area contributed by atoms with Crippen LogP contribution in [0.4, 0.5) is 0 Å². The van der Waals surface area contributed by atoms with Crippen LogP contribution in [0.25, 0.3) is 0 Å². The Morgan fingerprint density at radius 3 is 1.97 bits per heavy atom. The molecule has 2 aromatic rings. The Labute approximate surface area is 205 Å². The Bertz CT molecular complexity index is 945. The predicted molar refractivity (Wildman–Crippen MR) is 131 cm³/mol. The summed E-state index contributed by atoms with van der Waals surface area (Å²) < 4.78 is 15.9. The monoisotopic (exact) mass is 486 g/mol. The highest BCUT2D eigenvalue weighted by atomic mass is 16.5. The number of nitrogens with one attached hydrogen (secondary N) is 2. The van der Waals surface area contributed by atoms with Crippen molar-refractivity contribution in [3.05, 3.63) is 54.1 Å². The van der Waals surface area contributed by atoms with Gasteiger partial charge in [-0.25, -0.2) is 0 Å². The topological polar surface area (TPSA) is 123 Å². The summed E-state index contributed by atoms with van der Waals surface area (Å²) in [5.74, 6) is -0.490. The number of carboxylic acid groups (broad SMARTS) is 1. The molecule has 0 heterocycles. The molecule has 0 aromatic heterocycles. The zero-order valence-corrected chi connectivity index (χ0v) is 20.4. The van der Waals surface area contributed by atoms with E-state index in [-0.39, 0.29) is 18.7 Å². The van der Waals surface area contributed by atoms with Crippen molar-refractivity contribution in [2.75, 3.05) is 27.9 Å². The molecule has 3 N–H and O–H groups in total. The summed E-state index contributed by atoms with van der Waals surface area (Å²) in [6.45, 7) is 0.437. The standard InChI is InChI=1S/C26H34N2O7/c1-27-26(32)23(16-18-7-9-20(33-2)10-8-18)28-25(31)19(17-24(29)30)6-4-5-15-35-22-13-11-21(34-3)12-14-22/h7-14,19,23H,4-6,15-17H2,1-3H3,(H,27,32)(H,28,31)(H,29,30)/t19-,23+/m1/s1. The lowest BCUT2D eigenvalue weighted by Gasteiger charge is -2.21. The van der Waals surface area contributed by atoms with E-state index < -0.39 is 23.8 Å². The number of ether oxygens (including phenoxy) is 3. The Morgan fingerprint density at radius 1 is 0.857 bits per heavy atom. The molecule has 9 nitrogen and oxygen atoms in total. The lowest BCUT2D eigenvalue weighted by Crippen LogP contribution is -2.49. The molecular weight excluding hydrogens is 452 g/mol. The maximum Gasteiger partial charge on any atom is 0.304 e. The van der Waals surface area contributed by atoms with Gasteiger partial charge in [0.25, 0.3) is 0 Å². The fourth-order valence-electron chi connectivity index (χ4n) is 3.56. The smallest absolute Gasteiger partial charge is 0.304 e. The predicted octanol–water partition coefficient (Wildman–Crippen LogP) is 2.82. The van der Waals surface area contributed by atoms with Crippen LogP contribution in [0.2, 0.25) is 0 Å².